The van der Waals surface area contributed by atoms with Crippen LogP contribution in [-0.2, 0) is 22.6 Å². The Morgan fingerprint density at radius 3 is 2.41 bits per heavy atom. The van der Waals surface area contributed by atoms with Crippen molar-refractivity contribution < 1.29 is 29.6 Å². The van der Waals surface area contributed by atoms with Crippen molar-refractivity contribution in [3.63, 3.8) is 0 Å². The molecule has 7 heteroatoms. The van der Waals surface area contributed by atoms with E-state index in [0.717, 1.165) is 11.1 Å². The molecule has 0 radical (unpaired) electrons. The number of carbonyl (C=O) groups excluding carboxylic acids is 1. The number of aryl methyl sites for hydroxylation is 1. The fourth-order valence-corrected chi connectivity index (χ4v) is 2.48. The molecule has 2 unspecified atom stereocenters. The van der Waals surface area contributed by atoms with Crippen LogP contribution in [0, 0.1) is 0 Å². The molecule has 1 amide bonds. The lowest BCUT2D eigenvalue weighted by molar-refractivity contribution is -0.136. The summed E-state index contributed by atoms with van der Waals surface area (Å²) in [6.07, 6.45) is -2.83. The van der Waals surface area contributed by atoms with Crippen LogP contribution in [0.3, 0.4) is 0 Å². The predicted octanol–water partition coefficient (Wildman–Crippen LogP) is 2.02. The molecule has 0 fully saturated rings. The second kappa shape index (κ2) is 10.3. The van der Waals surface area contributed by atoms with Gasteiger partial charge in [-0.15, -0.1) is 0 Å². The summed E-state index contributed by atoms with van der Waals surface area (Å²) in [5, 5.41) is 31.5. The number of carboxylic acids is 1. The molecule has 0 aliphatic carbocycles. The lowest BCUT2D eigenvalue weighted by atomic mass is 10.00. The van der Waals surface area contributed by atoms with E-state index in [9.17, 15) is 19.8 Å². The van der Waals surface area contributed by atoms with Crippen LogP contribution >= 0.6 is 0 Å². The molecule has 0 saturated carbocycles. The van der Waals surface area contributed by atoms with E-state index in [1.54, 1.807) is 24.3 Å². The van der Waals surface area contributed by atoms with Crippen molar-refractivity contribution in [2.45, 2.75) is 31.7 Å². The van der Waals surface area contributed by atoms with Gasteiger partial charge in [-0.2, -0.15) is 0 Å². The van der Waals surface area contributed by atoms with Gasteiger partial charge in [0.25, 0.3) is 0 Å². The molecule has 2 rings (SSSR count). The number of rotatable bonds is 9. The first-order chi connectivity index (χ1) is 13.0. The van der Waals surface area contributed by atoms with Crippen LogP contribution in [0.1, 0.15) is 29.2 Å². The lowest BCUT2D eigenvalue weighted by Crippen LogP contribution is -2.35. The summed E-state index contributed by atoms with van der Waals surface area (Å²) >= 11 is 0. The number of benzene rings is 2. The van der Waals surface area contributed by atoms with Crippen LogP contribution in [0.15, 0.2) is 54.6 Å². The molecule has 27 heavy (non-hydrogen) atoms. The van der Waals surface area contributed by atoms with Crippen LogP contribution in [0.25, 0.3) is 0 Å². The third-order valence-corrected chi connectivity index (χ3v) is 3.95. The highest BCUT2D eigenvalue weighted by atomic mass is 16.5. The van der Waals surface area contributed by atoms with E-state index in [1.807, 2.05) is 30.3 Å². The molecule has 0 heterocycles. The van der Waals surface area contributed by atoms with Crippen molar-refractivity contribution >= 4 is 12.1 Å². The Labute approximate surface area is 157 Å². The Morgan fingerprint density at radius 2 is 1.70 bits per heavy atom. The third-order valence-electron chi connectivity index (χ3n) is 3.95. The Balaban J connectivity index is 1.80. The summed E-state index contributed by atoms with van der Waals surface area (Å²) in [4.78, 5) is 22.4. The number of hydrogen-bond acceptors (Lipinski definition) is 5. The first-order valence-corrected chi connectivity index (χ1v) is 8.57. The highest BCUT2D eigenvalue weighted by Gasteiger charge is 2.19. The van der Waals surface area contributed by atoms with Crippen LogP contribution in [-0.4, -0.2) is 40.0 Å². The van der Waals surface area contributed by atoms with Crippen molar-refractivity contribution in [3.8, 4) is 0 Å². The van der Waals surface area contributed by atoms with Crippen LogP contribution < -0.4 is 5.32 Å². The number of alkyl carbamates (subject to hydrolysis) is 1. The number of amides is 1. The maximum Gasteiger partial charge on any atom is 0.407 e. The van der Waals surface area contributed by atoms with Gasteiger partial charge >= 0.3 is 12.1 Å². The van der Waals surface area contributed by atoms with Crippen molar-refractivity contribution in [2.24, 2.45) is 0 Å². The van der Waals surface area contributed by atoms with Crippen molar-refractivity contribution in [3.05, 3.63) is 71.3 Å². The average Bonchev–Trinajstić information content (AvgIpc) is 2.69. The fourth-order valence-electron chi connectivity index (χ4n) is 2.48. The minimum atomic E-state index is -1.23. The zero-order chi connectivity index (χ0) is 19.6. The predicted molar refractivity (Wildman–Crippen MR) is 98.0 cm³/mol. The van der Waals surface area contributed by atoms with E-state index < -0.39 is 24.3 Å². The minimum Gasteiger partial charge on any atom is -0.481 e. The number of ether oxygens (including phenoxy) is 1. The number of carboxylic acid groups (broad SMARTS) is 1. The summed E-state index contributed by atoms with van der Waals surface area (Å²) in [7, 11) is 0. The zero-order valence-electron chi connectivity index (χ0n) is 14.7. The van der Waals surface area contributed by atoms with Crippen LogP contribution in [0.5, 0.6) is 0 Å². The van der Waals surface area contributed by atoms with E-state index >= 15 is 0 Å². The van der Waals surface area contributed by atoms with Gasteiger partial charge in [0.2, 0.25) is 0 Å². The van der Waals surface area contributed by atoms with Gasteiger partial charge in [0.15, 0.2) is 0 Å². The molecule has 2 atom stereocenters. The van der Waals surface area contributed by atoms with Gasteiger partial charge in [-0.05, 0) is 23.1 Å². The Morgan fingerprint density at radius 1 is 1.00 bits per heavy atom. The summed E-state index contributed by atoms with van der Waals surface area (Å²) in [6.45, 7) is -0.0783. The monoisotopic (exact) mass is 373 g/mol. The summed E-state index contributed by atoms with van der Waals surface area (Å²) in [6, 6.07) is 15.9. The highest BCUT2D eigenvalue weighted by Crippen LogP contribution is 2.19. The van der Waals surface area contributed by atoms with E-state index in [2.05, 4.69) is 5.32 Å². The quantitative estimate of drug-likeness (QED) is 0.534. The van der Waals surface area contributed by atoms with Crippen molar-refractivity contribution in [1.82, 2.24) is 5.32 Å². The fraction of sp³-hybridized carbons (Fsp3) is 0.300. The Kier molecular flexibility index (Phi) is 7.79. The average molecular weight is 373 g/mol. The van der Waals surface area contributed by atoms with Crippen LogP contribution in [0.2, 0.25) is 0 Å². The number of aliphatic hydroxyl groups excluding tert-OH is 2. The van der Waals surface area contributed by atoms with Crippen molar-refractivity contribution in [2.75, 3.05) is 6.54 Å². The molecular formula is C20H23NO6. The highest BCUT2D eigenvalue weighted by molar-refractivity contribution is 5.67. The van der Waals surface area contributed by atoms with E-state index in [-0.39, 0.29) is 19.6 Å². The number of aliphatic hydroxyl groups is 2. The van der Waals surface area contributed by atoms with Crippen LogP contribution in [0.4, 0.5) is 4.79 Å². The number of nitrogens with one attached hydrogen (secondary N) is 1. The van der Waals surface area contributed by atoms with Gasteiger partial charge < -0.3 is 25.4 Å². The molecule has 0 bridgehead atoms. The number of aliphatic carboxylic acids is 1. The molecule has 0 aliphatic rings. The minimum absolute atomic E-state index is 0.0170. The lowest BCUT2D eigenvalue weighted by Gasteiger charge is -2.19. The molecule has 0 saturated heterocycles. The third kappa shape index (κ3) is 7.08. The van der Waals surface area contributed by atoms with Gasteiger partial charge in [-0.25, -0.2) is 4.79 Å². The second-order valence-corrected chi connectivity index (χ2v) is 6.09. The molecule has 2 aromatic rings. The number of carbonyl (C=O) groups is 2. The molecule has 144 valence electrons. The largest absolute Gasteiger partial charge is 0.481 e. The number of hydrogen-bond donors (Lipinski definition) is 4. The SMILES string of the molecule is O=C(O)CCc1cccc(C(O)C(O)CNC(=O)OCc2ccccc2)c1. The molecular weight excluding hydrogens is 350 g/mol. The van der Waals surface area contributed by atoms with Gasteiger partial charge in [0, 0.05) is 13.0 Å². The van der Waals surface area contributed by atoms with E-state index in [1.165, 1.54) is 0 Å². The molecule has 0 aromatic heterocycles. The first kappa shape index (κ1) is 20.4. The smallest absolute Gasteiger partial charge is 0.407 e. The summed E-state index contributed by atoms with van der Waals surface area (Å²) in [5.74, 6) is -0.904. The summed E-state index contributed by atoms with van der Waals surface area (Å²) < 4.78 is 5.04. The maximum absolute atomic E-state index is 11.7. The van der Waals surface area contributed by atoms with E-state index in [0.29, 0.717) is 12.0 Å². The topological polar surface area (TPSA) is 116 Å². The van der Waals surface area contributed by atoms with Gasteiger partial charge in [0.05, 0.1) is 0 Å². The summed E-state index contributed by atoms with van der Waals surface area (Å²) in [5.41, 5.74) is 2.03. The van der Waals surface area contributed by atoms with E-state index in [4.69, 9.17) is 9.84 Å². The zero-order valence-corrected chi connectivity index (χ0v) is 14.7. The molecule has 0 spiro atoms. The normalized spacial score (nSPS) is 12.8. The molecule has 0 aliphatic heterocycles. The van der Waals surface area contributed by atoms with Gasteiger partial charge in [0.1, 0.15) is 18.8 Å². The molecule has 4 N–H and O–H groups in total. The first-order valence-electron chi connectivity index (χ1n) is 8.57. The Bertz CT molecular complexity index is 749. The molecule has 7 nitrogen and oxygen atoms in total. The second-order valence-electron chi connectivity index (χ2n) is 6.09. The van der Waals surface area contributed by atoms with Gasteiger partial charge in [-0.3, -0.25) is 4.79 Å². The van der Waals surface area contributed by atoms with Gasteiger partial charge in [-0.1, -0.05) is 54.6 Å². The molecule has 2 aromatic carbocycles. The Hall–Kier alpha value is -2.90. The van der Waals surface area contributed by atoms with Crippen molar-refractivity contribution in [1.29, 1.82) is 0 Å². The standard InChI is InChI=1S/C20H23NO6/c22-17(12-21-20(26)27-13-15-5-2-1-3-6-15)19(25)16-8-4-7-14(11-16)9-10-18(23)24/h1-8,11,17,19,22,25H,9-10,12-13H2,(H,21,26)(H,23,24). The maximum atomic E-state index is 11.7.